The average Bonchev–Trinajstić information content (AvgIpc) is 3.23. The Morgan fingerprint density at radius 1 is 1.13 bits per heavy atom. The lowest BCUT2D eigenvalue weighted by Gasteiger charge is -2.21. The van der Waals surface area contributed by atoms with E-state index in [4.69, 9.17) is 0 Å². The van der Waals surface area contributed by atoms with Crippen LogP contribution in [0.15, 0.2) is 80.5 Å². The summed E-state index contributed by atoms with van der Waals surface area (Å²) in [6.45, 7) is 1.59. The van der Waals surface area contributed by atoms with Crippen molar-refractivity contribution in [2.45, 2.75) is 18.4 Å². The lowest BCUT2D eigenvalue weighted by atomic mass is 10.2. The number of carbonyl (C=O) groups excluding carboxylic acids is 1. The second kappa shape index (κ2) is 10.1. The van der Waals surface area contributed by atoms with Gasteiger partial charge in [-0.3, -0.25) is 4.79 Å². The van der Waals surface area contributed by atoms with Crippen molar-refractivity contribution in [1.82, 2.24) is 9.73 Å². The maximum Gasteiger partial charge on any atom is 0.255 e. The molecule has 0 aliphatic carbocycles. The fraction of sp³-hybridized carbons (Fsp3) is 0.143. The number of sulfonamides is 1. The van der Waals surface area contributed by atoms with E-state index in [1.807, 2.05) is 48.7 Å². The van der Waals surface area contributed by atoms with Gasteiger partial charge < -0.3 is 0 Å². The summed E-state index contributed by atoms with van der Waals surface area (Å²) in [6.07, 6.45) is 1.52. The molecule has 156 valence electrons. The molecule has 3 rings (SSSR count). The molecular weight excluding hydrogens is 486 g/mol. The Bertz CT molecular complexity index is 1110. The second-order valence-corrected chi connectivity index (χ2v) is 10.4. The van der Waals surface area contributed by atoms with Crippen LogP contribution in [-0.4, -0.2) is 31.4 Å². The highest BCUT2D eigenvalue weighted by molar-refractivity contribution is 9.10. The summed E-state index contributed by atoms with van der Waals surface area (Å²) in [5, 5.41) is 5.81. The van der Waals surface area contributed by atoms with Crippen LogP contribution in [0, 0.1) is 6.92 Å². The molecule has 30 heavy (non-hydrogen) atoms. The van der Waals surface area contributed by atoms with E-state index in [0.29, 0.717) is 0 Å². The van der Waals surface area contributed by atoms with Crippen molar-refractivity contribution in [3.05, 3.63) is 86.5 Å². The predicted octanol–water partition coefficient (Wildman–Crippen LogP) is 4.16. The summed E-state index contributed by atoms with van der Waals surface area (Å²) in [5.41, 5.74) is 4.12. The van der Waals surface area contributed by atoms with Crippen molar-refractivity contribution in [1.29, 1.82) is 0 Å². The average molecular weight is 506 g/mol. The molecule has 0 fully saturated rings. The van der Waals surface area contributed by atoms with E-state index >= 15 is 0 Å². The van der Waals surface area contributed by atoms with Crippen LogP contribution in [0.4, 0.5) is 0 Å². The molecule has 0 unspecified atom stereocenters. The Hall–Kier alpha value is -2.33. The van der Waals surface area contributed by atoms with E-state index < -0.39 is 15.9 Å². The highest BCUT2D eigenvalue weighted by atomic mass is 79.9. The first-order valence-electron chi connectivity index (χ1n) is 9.01. The summed E-state index contributed by atoms with van der Waals surface area (Å²) in [4.78, 5) is 13.4. The van der Waals surface area contributed by atoms with E-state index in [1.54, 1.807) is 24.3 Å². The summed E-state index contributed by atoms with van der Waals surface area (Å²) in [6, 6.07) is 17.6. The Kier molecular flexibility index (Phi) is 7.54. The molecule has 1 heterocycles. The smallest absolute Gasteiger partial charge is 0.255 e. The summed E-state index contributed by atoms with van der Waals surface area (Å²) in [7, 11) is -3.88. The molecule has 0 radical (unpaired) electrons. The van der Waals surface area contributed by atoms with E-state index in [9.17, 15) is 13.2 Å². The molecule has 0 saturated carbocycles. The molecule has 2 aromatic carbocycles. The summed E-state index contributed by atoms with van der Waals surface area (Å²) < 4.78 is 28.5. The third-order valence-electron chi connectivity index (χ3n) is 4.18. The number of aryl methyl sites for hydroxylation is 1. The highest BCUT2D eigenvalue weighted by Gasteiger charge is 2.27. The topological polar surface area (TPSA) is 78.8 Å². The molecule has 0 spiro atoms. The maximum absolute atomic E-state index is 13.2. The Morgan fingerprint density at radius 3 is 2.47 bits per heavy atom. The monoisotopic (exact) mass is 505 g/mol. The number of benzene rings is 2. The van der Waals surface area contributed by atoms with Crippen molar-refractivity contribution in [2.24, 2.45) is 5.10 Å². The van der Waals surface area contributed by atoms with Crippen molar-refractivity contribution in [3.63, 3.8) is 0 Å². The van der Waals surface area contributed by atoms with E-state index in [-0.39, 0.29) is 18.0 Å². The largest absolute Gasteiger partial charge is 0.272 e. The van der Waals surface area contributed by atoms with Gasteiger partial charge in [0, 0.05) is 15.9 Å². The molecule has 1 aromatic heterocycles. The number of hydrogen-bond acceptors (Lipinski definition) is 5. The molecule has 0 aliphatic heterocycles. The molecule has 3 aromatic rings. The standard InChI is InChI=1S/C21H20BrN3O3S2/c1-16-4-10-20(11-5-16)30(27,28)25(14-17-6-8-18(22)9-7-17)15-21(26)24-23-13-19-3-2-12-29-19/h2-13H,14-15H2,1H3,(H,24,26)/b23-13-. The minimum Gasteiger partial charge on any atom is -0.272 e. The quantitative estimate of drug-likeness (QED) is 0.368. The molecule has 0 atom stereocenters. The summed E-state index contributed by atoms with van der Waals surface area (Å²) >= 11 is 4.85. The molecule has 1 amide bonds. The zero-order valence-electron chi connectivity index (χ0n) is 16.2. The molecule has 0 bridgehead atoms. The number of rotatable bonds is 8. The van der Waals surface area contributed by atoms with Crippen LogP contribution in [0.2, 0.25) is 0 Å². The number of thiophene rings is 1. The van der Waals surface area contributed by atoms with Crippen LogP contribution in [0.25, 0.3) is 0 Å². The van der Waals surface area contributed by atoms with Crippen LogP contribution < -0.4 is 5.43 Å². The highest BCUT2D eigenvalue weighted by Crippen LogP contribution is 2.20. The fourth-order valence-electron chi connectivity index (χ4n) is 2.61. The molecular formula is C21H20BrN3O3S2. The number of carbonyl (C=O) groups is 1. The van der Waals surface area contributed by atoms with Crippen molar-refractivity contribution < 1.29 is 13.2 Å². The van der Waals surface area contributed by atoms with Crippen LogP contribution >= 0.6 is 27.3 Å². The number of hydrogen-bond donors (Lipinski definition) is 1. The number of nitrogens with one attached hydrogen (secondary N) is 1. The zero-order chi connectivity index (χ0) is 21.6. The summed E-state index contributed by atoms with van der Waals surface area (Å²) in [5.74, 6) is -0.518. The van der Waals surface area contributed by atoms with Crippen LogP contribution in [0.3, 0.4) is 0 Å². The van der Waals surface area contributed by atoms with Crippen LogP contribution in [-0.2, 0) is 21.4 Å². The molecule has 6 nitrogen and oxygen atoms in total. The van der Waals surface area contributed by atoms with Gasteiger partial charge in [0.05, 0.1) is 17.7 Å². The van der Waals surface area contributed by atoms with Crippen molar-refractivity contribution in [3.8, 4) is 0 Å². The van der Waals surface area contributed by atoms with Gasteiger partial charge in [-0.15, -0.1) is 11.3 Å². The molecule has 0 aliphatic rings. The number of hydrazone groups is 1. The van der Waals surface area contributed by atoms with Crippen LogP contribution in [0.5, 0.6) is 0 Å². The second-order valence-electron chi connectivity index (χ2n) is 6.52. The van der Waals surface area contributed by atoms with E-state index in [2.05, 4.69) is 26.5 Å². The first-order chi connectivity index (χ1) is 14.3. The van der Waals surface area contributed by atoms with Crippen molar-refractivity contribution in [2.75, 3.05) is 6.54 Å². The zero-order valence-corrected chi connectivity index (χ0v) is 19.4. The third-order valence-corrected chi connectivity index (χ3v) is 7.32. The molecule has 9 heteroatoms. The predicted molar refractivity (Wildman–Crippen MR) is 123 cm³/mol. The first kappa shape index (κ1) is 22.4. The van der Waals surface area contributed by atoms with Gasteiger partial charge >= 0.3 is 0 Å². The normalized spacial score (nSPS) is 11.8. The minimum atomic E-state index is -3.88. The first-order valence-corrected chi connectivity index (χ1v) is 12.1. The van der Waals surface area contributed by atoms with E-state index in [1.165, 1.54) is 17.6 Å². The number of nitrogens with zero attached hydrogens (tertiary/aromatic N) is 2. The molecule has 0 saturated heterocycles. The lowest BCUT2D eigenvalue weighted by molar-refractivity contribution is -0.121. The van der Waals surface area contributed by atoms with Gasteiger partial charge in [-0.25, -0.2) is 13.8 Å². The van der Waals surface area contributed by atoms with Gasteiger partial charge in [-0.1, -0.05) is 51.8 Å². The van der Waals surface area contributed by atoms with E-state index in [0.717, 1.165) is 24.8 Å². The lowest BCUT2D eigenvalue weighted by Crippen LogP contribution is -2.39. The Balaban J connectivity index is 1.80. The Labute approximate surface area is 188 Å². The van der Waals surface area contributed by atoms with Crippen molar-refractivity contribution >= 4 is 49.4 Å². The maximum atomic E-state index is 13.2. The number of halogens is 1. The van der Waals surface area contributed by atoms with Gasteiger partial charge in [-0.05, 0) is 48.2 Å². The van der Waals surface area contributed by atoms with Gasteiger partial charge in [0.1, 0.15) is 0 Å². The third kappa shape index (κ3) is 6.09. The van der Waals surface area contributed by atoms with Gasteiger partial charge in [0.15, 0.2) is 0 Å². The minimum absolute atomic E-state index is 0.0611. The van der Waals surface area contributed by atoms with Gasteiger partial charge in [-0.2, -0.15) is 9.41 Å². The fourth-order valence-corrected chi connectivity index (χ4v) is 4.84. The van der Waals surface area contributed by atoms with Crippen LogP contribution in [0.1, 0.15) is 16.0 Å². The SMILES string of the molecule is Cc1ccc(S(=O)(=O)N(CC(=O)N/N=C\c2cccs2)Cc2ccc(Br)cc2)cc1. The van der Waals surface area contributed by atoms with Gasteiger partial charge in [0.25, 0.3) is 5.91 Å². The Morgan fingerprint density at radius 2 is 1.83 bits per heavy atom. The molecule has 1 N–H and O–H groups in total. The van der Waals surface area contributed by atoms with Gasteiger partial charge in [0.2, 0.25) is 10.0 Å². The number of amides is 1.